The van der Waals surface area contributed by atoms with E-state index in [0.29, 0.717) is 50.2 Å². The van der Waals surface area contributed by atoms with Gasteiger partial charge in [0.25, 0.3) is 11.8 Å². The highest BCUT2D eigenvalue weighted by atomic mass is 32.1. The van der Waals surface area contributed by atoms with E-state index in [1.54, 1.807) is 41.8 Å². The van der Waals surface area contributed by atoms with Crippen molar-refractivity contribution in [3.8, 4) is 17.4 Å². The van der Waals surface area contributed by atoms with Crippen LogP contribution in [-0.4, -0.2) is 108 Å². The number of likely N-dealkylation sites (tertiary alicyclic amines) is 1. The Morgan fingerprint density at radius 1 is 0.904 bits per heavy atom. The first-order valence-electron chi connectivity index (χ1n) is 17.3. The zero-order valence-corrected chi connectivity index (χ0v) is 29.3. The number of piperidine rings is 2. The first kappa shape index (κ1) is 35.5. The molecule has 0 radical (unpaired) electrons. The highest BCUT2D eigenvalue weighted by Crippen LogP contribution is 2.32. The number of rotatable bonds is 16. The Hall–Kier alpha value is -4.90. The van der Waals surface area contributed by atoms with E-state index in [9.17, 15) is 19.2 Å². The molecule has 3 aromatic heterocycles. The van der Waals surface area contributed by atoms with E-state index in [2.05, 4.69) is 20.4 Å². The predicted octanol–water partition coefficient (Wildman–Crippen LogP) is 3.15. The lowest BCUT2D eigenvalue weighted by Gasteiger charge is -2.35. The van der Waals surface area contributed by atoms with Gasteiger partial charge in [-0.2, -0.15) is 0 Å². The second kappa shape index (κ2) is 16.6. The molecule has 16 heteroatoms. The minimum absolute atomic E-state index is 0.0474. The molecule has 7 rings (SSSR count). The van der Waals surface area contributed by atoms with E-state index in [1.807, 2.05) is 17.5 Å². The smallest absolute Gasteiger partial charge is 0.265 e. The lowest BCUT2D eigenvalue weighted by Crippen LogP contribution is -2.58. The normalized spacial score (nSPS) is 18.5. The number of thiophene rings is 1. The molecule has 3 aliphatic heterocycles. The van der Waals surface area contributed by atoms with Gasteiger partial charge in [0.1, 0.15) is 36.9 Å². The Kier molecular flexibility index (Phi) is 11.4. The standard InChI is InChI=1S/C36H39N5O10S/c42-30-5-4-27(35(44)38-30)41-32(43)20-23-2-1-3-28(33(23)36(41)45)48-17-15-46-13-14-47-16-18-49-31-21-25(51-39-31)22-40-11-7-24(8-12-40)50-29-6-10-37-26-9-19-52-34(26)29/h1-3,6,9-10,19,21,24,27H,4-5,7-8,11-18,20,22H2,(H,38,42,44). The Balaban J connectivity index is 0.752. The Labute approximate surface area is 303 Å². The molecular formula is C36H39N5O10S. The van der Waals surface area contributed by atoms with E-state index in [4.69, 9.17) is 28.2 Å². The number of nitrogens with one attached hydrogen (secondary N) is 1. The number of aromatic nitrogens is 2. The third-order valence-corrected chi connectivity index (χ3v) is 9.98. The zero-order valence-electron chi connectivity index (χ0n) is 28.5. The average Bonchev–Trinajstić information content (AvgIpc) is 3.81. The molecule has 3 aliphatic rings. The van der Waals surface area contributed by atoms with Crippen molar-refractivity contribution in [1.29, 1.82) is 0 Å². The number of ether oxygens (including phenoxy) is 5. The quantitative estimate of drug-likeness (QED) is 0.132. The summed E-state index contributed by atoms with van der Waals surface area (Å²) in [5, 5.41) is 8.26. The van der Waals surface area contributed by atoms with Crippen LogP contribution in [0.5, 0.6) is 17.4 Å². The van der Waals surface area contributed by atoms with E-state index in [0.717, 1.165) is 52.6 Å². The molecule has 1 atom stereocenters. The van der Waals surface area contributed by atoms with E-state index >= 15 is 0 Å². The fraction of sp³-hybridized carbons (Fsp3) is 0.444. The van der Waals surface area contributed by atoms with Crippen molar-refractivity contribution in [2.45, 2.75) is 50.8 Å². The van der Waals surface area contributed by atoms with Crippen LogP contribution in [0, 0.1) is 0 Å². The van der Waals surface area contributed by atoms with Gasteiger partial charge in [-0.05, 0) is 53.6 Å². The SMILES string of the molecule is O=C1CCC(N2C(=O)Cc3cccc(OCCOCCOCCOc4cc(CN5CCC(Oc6ccnc7ccsc67)CC5)on4)c3C2=O)C(=O)N1. The van der Waals surface area contributed by atoms with Gasteiger partial charge in [0.15, 0.2) is 5.76 Å². The van der Waals surface area contributed by atoms with Gasteiger partial charge >= 0.3 is 0 Å². The van der Waals surface area contributed by atoms with Crippen LogP contribution < -0.4 is 19.5 Å². The second-order valence-electron chi connectivity index (χ2n) is 12.6. The summed E-state index contributed by atoms with van der Waals surface area (Å²) in [6, 6.07) is 9.76. The largest absolute Gasteiger partial charge is 0.490 e. The average molecular weight is 734 g/mol. The molecule has 2 saturated heterocycles. The van der Waals surface area contributed by atoms with Crippen molar-refractivity contribution in [2.75, 3.05) is 52.7 Å². The first-order valence-corrected chi connectivity index (χ1v) is 18.2. The van der Waals surface area contributed by atoms with Crippen molar-refractivity contribution >= 4 is 45.2 Å². The summed E-state index contributed by atoms with van der Waals surface area (Å²) in [7, 11) is 0. The maximum absolute atomic E-state index is 13.4. The summed E-state index contributed by atoms with van der Waals surface area (Å²) < 4.78 is 35.6. The molecule has 0 aliphatic carbocycles. The van der Waals surface area contributed by atoms with Gasteiger partial charge in [0.2, 0.25) is 17.7 Å². The van der Waals surface area contributed by atoms with E-state index < -0.39 is 29.7 Å². The Morgan fingerprint density at radius 2 is 1.69 bits per heavy atom. The summed E-state index contributed by atoms with van der Waals surface area (Å²) in [5.74, 6) is 0.182. The van der Waals surface area contributed by atoms with Gasteiger partial charge in [-0.1, -0.05) is 12.1 Å². The number of benzene rings is 1. The maximum Gasteiger partial charge on any atom is 0.265 e. The number of carbonyl (C=O) groups excluding carboxylic acids is 4. The molecule has 6 heterocycles. The van der Waals surface area contributed by atoms with Crippen LogP contribution in [0.2, 0.25) is 0 Å². The second-order valence-corrected chi connectivity index (χ2v) is 13.5. The van der Waals surface area contributed by atoms with Gasteiger partial charge < -0.3 is 28.2 Å². The molecule has 4 aromatic rings. The minimum Gasteiger partial charge on any atom is -0.490 e. The zero-order chi connectivity index (χ0) is 35.9. The summed E-state index contributed by atoms with van der Waals surface area (Å²) in [4.78, 5) is 57.8. The molecular weight excluding hydrogens is 694 g/mol. The molecule has 1 aromatic carbocycles. The molecule has 0 bridgehead atoms. The van der Waals surface area contributed by atoms with Crippen molar-refractivity contribution in [3.63, 3.8) is 0 Å². The van der Waals surface area contributed by atoms with Crippen LogP contribution >= 0.6 is 11.3 Å². The van der Waals surface area contributed by atoms with E-state index in [-0.39, 0.29) is 44.1 Å². The van der Waals surface area contributed by atoms with Crippen molar-refractivity contribution in [2.24, 2.45) is 0 Å². The van der Waals surface area contributed by atoms with Crippen molar-refractivity contribution < 1.29 is 47.4 Å². The summed E-state index contributed by atoms with van der Waals surface area (Å²) in [6.07, 6.45) is 3.91. The van der Waals surface area contributed by atoms with Crippen LogP contribution in [0.15, 0.2) is 52.5 Å². The molecule has 1 N–H and O–H groups in total. The number of amides is 4. The van der Waals surface area contributed by atoms with Crippen molar-refractivity contribution in [1.82, 2.24) is 25.3 Å². The molecule has 4 amide bonds. The van der Waals surface area contributed by atoms with Crippen LogP contribution in [-0.2, 0) is 36.8 Å². The van der Waals surface area contributed by atoms with Gasteiger partial charge in [0.05, 0.1) is 55.2 Å². The molecule has 15 nitrogen and oxygen atoms in total. The Bertz CT molecular complexity index is 1900. The third kappa shape index (κ3) is 8.41. The first-order chi connectivity index (χ1) is 25.4. The fourth-order valence-corrected chi connectivity index (χ4v) is 7.32. The molecule has 52 heavy (non-hydrogen) atoms. The van der Waals surface area contributed by atoms with E-state index in [1.165, 1.54) is 0 Å². The number of hydrogen-bond acceptors (Lipinski definition) is 14. The molecule has 2 fully saturated rings. The monoisotopic (exact) mass is 733 g/mol. The lowest BCUT2D eigenvalue weighted by atomic mass is 9.94. The predicted molar refractivity (Wildman–Crippen MR) is 185 cm³/mol. The van der Waals surface area contributed by atoms with Crippen LogP contribution in [0.3, 0.4) is 0 Å². The summed E-state index contributed by atoms with van der Waals surface area (Å²) >= 11 is 1.65. The van der Waals surface area contributed by atoms with Gasteiger partial charge in [-0.25, -0.2) is 0 Å². The van der Waals surface area contributed by atoms with Crippen LogP contribution in [0.4, 0.5) is 0 Å². The molecule has 1 unspecified atom stereocenters. The molecule has 0 spiro atoms. The lowest BCUT2D eigenvalue weighted by molar-refractivity contribution is -0.143. The number of pyridine rings is 1. The van der Waals surface area contributed by atoms with Crippen LogP contribution in [0.1, 0.15) is 47.4 Å². The highest BCUT2D eigenvalue weighted by Gasteiger charge is 2.42. The Morgan fingerprint density at radius 3 is 2.50 bits per heavy atom. The summed E-state index contributed by atoms with van der Waals surface area (Å²) in [5.41, 5.74) is 1.73. The maximum atomic E-state index is 13.4. The van der Waals surface area contributed by atoms with Crippen LogP contribution in [0.25, 0.3) is 10.2 Å². The third-order valence-electron chi connectivity index (χ3n) is 9.06. The molecule has 274 valence electrons. The number of hydrogen-bond donors (Lipinski definition) is 1. The number of carbonyl (C=O) groups is 4. The number of imide groups is 2. The topological polar surface area (TPSA) is 172 Å². The van der Waals surface area contributed by atoms with Gasteiger partial charge in [-0.3, -0.25) is 39.3 Å². The summed E-state index contributed by atoms with van der Waals surface area (Å²) in [6.45, 7) is 4.13. The van der Waals surface area contributed by atoms with Crippen molar-refractivity contribution in [3.05, 3.63) is 64.9 Å². The highest BCUT2D eigenvalue weighted by molar-refractivity contribution is 7.17. The van der Waals surface area contributed by atoms with Gasteiger partial charge in [0, 0.05) is 31.8 Å². The number of fused-ring (bicyclic) bond motifs is 2. The minimum atomic E-state index is -1.03. The van der Waals surface area contributed by atoms with Gasteiger partial charge in [-0.15, -0.1) is 11.3 Å². The number of nitrogens with zero attached hydrogens (tertiary/aromatic N) is 4. The molecule has 0 saturated carbocycles. The fourth-order valence-electron chi connectivity index (χ4n) is 6.51.